The summed E-state index contributed by atoms with van der Waals surface area (Å²) >= 11 is 0. The summed E-state index contributed by atoms with van der Waals surface area (Å²) in [5.41, 5.74) is 2.03. The van der Waals surface area contributed by atoms with Crippen LogP contribution in [0.25, 0.3) is 11.4 Å². The zero-order valence-corrected chi connectivity index (χ0v) is 17.5. The lowest BCUT2D eigenvalue weighted by atomic mass is 10.1. The van der Waals surface area contributed by atoms with E-state index in [-0.39, 0.29) is 11.6 Å². The molecule has 1 aromatic carbocycles. The molecule has 0 unspecified atom stereocenters. The third kappa shape index (κ3) is 4.80. The van der Waals surface area contributed by atoms with Gasteiger partial charge in [0.1, 0.15) is 11.6 Å². The van der Waals surface area contributed by atoms with Crippen molar-refractivity contribution >= 4 is 17.5 Å². The molecule has 3 rings (SSSR count). The number of halogens is 1. The summed E-state index contributed by atoms with van der Waals surface area (Å²) in [7, 11) is 1.78. The van der Waals surface area contributed by atoms with Crippen LogP contribution in [-0.4, -0.2) is 45.6 Å². The third-order valence-electron chi connectivity index (χ3n) is 4.55. The number of aromatic nitrogens is 4. The van der Waals surface area contributed by atoms with Gasteiger partial charge in [-0.15, -0.1) is 0 Å². The maximum Gasteiger partial charge on any atom is 0.254 e. The highest BCUT2D eigenvalue weighted by atomic mass is 19.1. The minimum Gasteiger partial charge on any atom is -0.351 e. The van der Waals surface area contributed by atoms with E-state index in [4.69, 9.17) is 0 Å². The van der Waals surface area contributed by atoms with Crippen molar-refractivity contribution in [2.45, 2.75) is 26.8 Å². The predicted molar refractivity (Wildman–Crippen MR) is 114 cm³/mol. The molecule has 158 valence electrons. The molecule has 30 heavy (non-hydrogen) atoms. The molecule has 3 N–H and O–H groups in total. The topological polar surface area (TPSA) is 96.8 Å². The minimum absolute atomic E-state index is 0.0115. The van der Waals surface area contributed by atoms with Gasteiger partial charge in [0.05, 0.1) is 23.1 Å². The zero-order chi connectivity index (χ0) is 21.7. The van der Waals surface area contributed by atoms with E-state index in [2.05, 4.69) is 49.3 Å². The summed E-state index contributed by atoms with van der Waals surface area (Å²) in [6, 6.07) is 6.35. The Morgan fingerprint density at radius 2 is 2.00 bits per heavy atom. The Morgan fingerprint density at radius 3 is 2.70 bits per heavy atom. The van der Waals surface area contributed by atoms with Crippen molar-refractivity contribution in [2.24, 2.45) is 0 Å². The van der Waals surface area contributed by atoms with Gasteiger partial charge < -0.3 is 20.5 Å². The molecule has 0 atom stereocenters. The second-order valence-corrected chi connectivity index (χ2v) is 7.10. The number of amides is 1. The smallest absolute Gasteiger partial charge is 0.254 e. The van der Waals surface area contributed by atoms with Gasteiger partial charge in [0.15, 0.2) is 0 Å². The fourth-order valence-corrected chi connectivity index (χ4v) is 3.16. The van der Waals surface area contributed by atoms with Crippen LogP contribution in [0.1, 0.15) is 36.1 Å². The Hall–Kier alpha value is -3.33. The van der Waals surface area contributed by atoms with E-state index in [1.54, 1.807) is 31.6 Å². The molecule has 0 saturated heterocycles. The van der Waals surface area contributed by atoms with Gasteiger partial charge >= 0.3 is 0 Å². The number of carbonyl (C=O) groups excluding carboxylic acids is 1. The molecule has 3 aromatic rings. The average Bonchev–Trinajstić information content (AvgIpc) is 3.10. The van der Waals surface area contributed by atoms with Crippen LogP contribution in [0.3, 0.4) is 0 Å². The van der Waals surface area contributed by atoms with E-state index in [0.29, 0.717) is 30.4 Å². The van der Waals surface area contributed by atoms with Crippen LogP contribution in [0, 0.1) is 12.7 Å². The van der Waals surface area contributed by atoms with Crippen LogP contribution < -0.4 is 16.0 Å². The number of rotatable bonds is 8. The first-order chi connectivity index (χ1) is 14.4. The highest BCUT2D eigenvalue weighted by Crippen LogP contribution is 2.24. The van der Waals surface area contributed by atoms with E-state index in [0.717, 1.165) is 11.5 Å². The van der Waals surface area contributed by atoms with Gasteiger partial charge in [-0.3, -0.25) is 4.79 Å². The largest absolute Gasteiger partial charge is 0.351 e. The number of likely N-dealkylation sites (N-methyl/N-ethyl adjacent to an activating group) is 1. The van der Waals surface area contributed by atoms with E-state index >= 15 is 0 Å². The molecule has 0 aliphatic heterocycles. The highest BCUT2D eigenvalue weighted by Gasteiger charge is 2.15. The predicted octanol–water partition coefficient (Wildman–Crippen LogP) is 3.06. The van der Waals surface area contributed by atoms with E-state index in [1.165, 1.54) is 12.1 Å². The summed E-state index contributed by atoms with van der Waals surface area (Å²) in [6.45, 7) is 7.14. The molecule has 2 aromatic heterocycles. The number of anilines is 2. The van der Waals surface area contributed by atoms with Crippen LogP contribution in [-0.2, 0) is 0 Å². The van der Waals surface area contributed by atoms with Crippen LogP contribution in [0.2, 0.25) is 0 Å². The average molecular weight is 411 g/mol. The number of nitrogens with zero attached hydrogens (tertiary/aromatic N) is 4. The summed E-state index contributed by atoms with van der Waals surface area (Å²) in [4.78, 5) is 25.2. The second-order valence-electron chi connectivity index (χ2n) is 7.10. The SMILES string of the molecule is CNCCNC(=O)c1ccc(Nc2nccc(-c3cnc(C)n3C(C)C)n2)cc1F. The number of carbonyl (C=O) groups is 1. The fraction of sp³-hybridized carbons (Fsp3) is 0.333. The first-order valence-electron chi connectivity index (χ1n) is 9.77. The molecule has 9 heteroatoms. The van der Waals surface area contributed by atoms with E-state index < -0.39 is 11.7 Å². The Kier molecular flexibility index (Phi) is 6.73. The molecule has 1 amide bonds. The number of imidazole rings is 1. The minimum atomic E-state index is -0.619. The molecule has 0 bridgehead atoms. The molecule has 2 heterocycles. The van der Waals surface area contributed by atoms with Gasteiger partial charge in [-0.2, -0.15) is 0 Å². The van der Waals surface area contributed by atoms with Crippen LogP contribution >= 0.6 is 0 Å². The van der Waals surface area contributed by atoms with Gasteiger partial charge in [-0.05, 0) is 52.1 Å². The number of hydrogen-bond donors (Lipinski definition) is 3. The summed E-state index contributed by atoms with van der Waals surface area (Å²) in [5, 5.41) is 8.57. The van der Waals surface area contributed by atoms with Crippen molar-refractivity contribution < 1.29 is 9.18 Å². The third-order valence-corrected chi connectivity index (χ3v) is 4.55. The number of aryl methyl sites for hydroxylation is 1. The van der Waals surface area contributed by atoms with Gasteiger partial charge in [0, 0.05) is 31.0 Å². The summed E-state index contributed by atoms with van der Waals surface area (Å²) < 4.78 is 16.5. The van der Waals surface area contributed by atoms with Crippen LogP contribution in [0.4, 0.5) is 16.0 Å². The molecular weight excluding hydrogens is 385 g/mol. The molecular formula is C21H26FN7O. The van der Waals surface area contributed by atoms with Crippen molar-refractivity contribution in [3.8, 4) is 11.4 Å². The number of benzene rings is 1. The molecule has 0 fully saturated rings. The van der Waals surface area contributed by atoms with Gasteiger partial charge in [-0.1, -0.05) is 0 Å². The fourth-order valence-electron chi connectivity index (χ4n) is 3.16. The Balaban J connectivity index is 1.79. The Bertz CT molecular complexity index is 1030. The first-order valence-corrected chi connectivity index (χ1v) is 9.77. The number of hydrogen-bond acceptors (Lipinski definition) is 6. The summed E-state index contributed by atoms with van der Waals surface area (Å²) in [5.74, 6) is 0.155. The lowest BCUT2D eigenvalue weighted by molar-refractivity contribution is 0.0950. The Morgan fingerprint density at radius 1 is 1.20 bits per heavy atom. The van der Waals surface area contributed by atoms with E-state index in [1.807, 2.05) is 6.92 Å². The molecule has 0 saturated carbocycles. The molecule has 0 aliphatic rings. The maximum absolute atomic E-state index is 14.4. The van der Waals surface area contributed by atoms with Gasteiger partial charge in [0.2, 0.25) is 5.95 Å². The van der Waals surface area contributed by atoms with Crippen molar-refractivity contribution in [1.82, 2.24) is 30.2 Å². The van der Waals surface area contributed by atoms with Gasteiger partial charge in [0.25, 0.3) is 5.91 Å². The standard InChI is InChI=1S/C21H26FN7O/c1-13(2)29-14(3)26-12-19(29)18-7-8-25-21(28-18)27-15-5-6-16(17(22)11-15)20(30)24-10-9-23-4/h5-8,11-13,23H,9-10H2,1-4H3,(H,24,30)(H,25,27,28). The van der Waals surface area contributed by atoms with Crippen molar-refractivity contribution in [1.29, 1.82) is 0 Å². The lowest BCUT2D eigenvalue weighted by Gasteiger charge is -2.14. The molecule has 8 nitrogen and oxygen atoms in total. The van der Waals surface area contributed by atoms with Crippen molar-refractivity contribution in [3.63, 3.8) is 0 Å². The van der Waals surface area contributed by atoms with Gasteiger partial charge in [-0.25, -0.2) is 19.3 Å². The number of nitrogens with one attached hydrogen (secondary N) is 3. The lowest BCUT2D eigenvalue weighted by Crippen LogP contribution is -2.30. The normalized spacial score (nSPS) is 11.0. The quantitative estimate of drug-likeness (QED) is 0.493. The molecule has 0 spiro atoms. The molecule has 0 radical (unpaired) electrons. The van der Waals surface area contributed by atoms with Crippen LogP contribution in [0.15, 0.2) is 36.7 Å². The highest BCUT2D eigenvalue weighted by molar-refractivity contribution is 5.94. The van der Waals surface area contributed by atoms with Crippen LogP contribution in [0.5, 0.6) is 0 Å². The van der Waals surface area contributed by atoms with E-state index in [9.17, 15) is 9.18 Å². The molecule has 0 aliphatic carbocycles. The second kappa shape index (κ2) is 9.45. The van der Waals surface area contributed by atoms with Crippen molar-refractivity contribution in [2.75, 3.05) is 25.5 Å². The maximum atomic E-state index is 14.4. The first kappa shape index (κ1) is 21.4. The summed E-state index contributed by atoms with van der Waals surface area (Å²) in [6.07, 6.45) is 3.42. The van der Waals surface area contributed by atoms with Crippen molar-refractivity contribution in [3.05, 3.63) is 53.9 Å². The monoisotopic (exact) mass is 411 g/mol. The Labute approximate surface area is 175 Å². The zero-order valence-electron chi connectivity index (χ0n) is 17.5.